The molecule has 2 heterocycles. The van der Waals surface area contributed by atoms with Crippen molar-refractivity contribution >= 4 is 38.7 Å². The predicted octanol–water partition coefficient (Wildman–Crippen LogP) is 6.61. The van der Waals surface area contributed by atoms with Gasteiger partial charge in [0.2, 0.25) is 0 Å². The molecule has 0 radical (unpaired) electrons. The molecule has 2 aromatic heterocycles. The van der Waals surface area contributed by atoms with Crippen LogP contribution in [0.5, 0.6) is 0 Å². The van der Waals surface area contributed by atoms with Crippen molar-refractivity contribution in [2.75, 3.05) is 13.7 Å². The number of carbonyl (C=O) groups is 1. The van der Waals surface area contributed by atoms with Crippen molar-refractivity contribution in [3.8, 4) is 10.6 Å². The van der Waals surface area contributed by atoms with Crippen molar-refractivity contribution in [1.82, 2.24) is 4.98 Å². The fourth-order valence-electron chi connectivity index (χ4n) is 4.21. The van der Waals surface area contributed by atoms with Gasteiger partial charge in [0.05, 0.1) is 10.2 Å². The predicted molar refractivity (Wildman–Crippen MR) is 123 cm³/mol. The second kappa shape index (κ2) is 9.67. The average Bonchev–Trinajstić information content (AvgIpc) is 3.27. The van der Waals surface area contributed by atoms with Gasteiger partial charge in [-0.05, 0) is 55.7 Å². The van der Waals surface area contributed by atoms with Crippen LogP contribution in [0.3, 0.4) is 0 Å². The van der Waals surface area contributed by atoms with Crippen LogP contribution in [0.25, 0.3) is 20.8 Å². The molecule has 0 N–H and O–H groups in total. The first-order valence-corrected chi connectivity index (χ1v) is 12.4. The van der Waals surface area contributed by atoms with Crippen molar-refractivity contribution in [3.05, 3.63) is 39.3 Å². The molecule has 3 aromatic rings. The Kier molecular flexibility index (Phi) is 6.96. The van der Waals surface area contributed by atoms with Crippen LogP contribution < -0.4 is 0 Å². The van der Waals surface area contributed by atoms with Gasteiger partial charge in [0.15, 0.2) is 0 Å². The lowest BCUT2D eigenvalue weighted by Crippen LogP contribution is -2.09. The fraction of sp³-hybridized carbons (Fsp3) is 0.500. The monoisotopic (exact) mass is 445 g/mol. The van der Waals surface area contributed by atoms with E-state index in [1.54, 1.807) is 35.8 Å². The Balaban J connectivity index is 1.61. The molecule has 1 aliphatic carbocycles. The molecule has 3 nitrogen and oxygen atoms in total. The first-order valence-electron chi connectivity index (χ1n) is 10.8. The lowest BCUT2D eigenvalue weighted by atomic mass is 9.87. The van der Waals surface area contributed by atoms with Crippen molar-refractivity contribution < 1.29 is 13.9 Å². The number of fused-ring (bicyclic) bond motifs is 2. The van der Waals surface area contributed by atoms with Crippen molar-refractivity contribution in [1.29, 1.82) is 0 Å². The molecule has 30 heavy (non-hydrogen) atoms. The Morgan fingerprint density at radius 3 is 2.97 bits per heavy atom. The number of thiazole rings is 1. The summed E-state index contributed by atoms with van der Waals surface area (Å²) in [6, 6.07) is 4.79. The lowest BCUT2D eigenvalue weighted by Gasteiger charge is -2.18. The van der Waals surface area contributed by atoms with E-state index >= 15 is 0 Å². The molecule has 1 atom stereocenters. The molecular formula is C24H28FNO2S2. The second-order valence-corrected chi connectivity index (χ2v) is 10.5. The number of carbonyl (C=O) groups excluding carboxylic acids is 1. The number of thiophene rings is 1. The zero-order chi connectivity index (χ0) is 21.1. The topological polar surface area (TPSA) is 39.2 Å². The molecule has 6 heteroatoms. The van der Waals surface area contributed by atoms with Gasteiger partial charge in [-0.1, -0.05) is 13.3 Å². The zero-order valence-corrected chi connectivity index (χ0v) is 19.3. The largest absolute Gasteiger partial charge is 0.385 e. The number of aryl methyl sites for hydroxylation is 1. The van der Waals surface area contributed by atoms with Crippen LogP contribution in [-0.4, -0.2) is 24.5 Å². The van der Waals surface area contributed by atoms with Crippen LogP contribution in [0.2, 0.25) is 0 Å². The summed E-state index contributed by atoms with van der Waals surface area (Å²) in [5.74, 6) is 0.679. The maximum absolute atomic E-state index is 13.7. The smallest absolute Gasteiger partial charge is 0.138 e. The van der Waals surface area contributed by atoms with Gasteiger partial charge < -0.3 is 4.74 Å². The third kappa shape index (κ3) is 4.82. The number of rotatable bonds is 9. The van der Waals surface area contributed by atoms with E-state index in [0.717, 1.165) is 58.9 Å². The summed E-state index contributed by atoms with van der Waals surface area (Å²) in [6.07, 6.45) is 7.36. The SMILES string of the molecule is COCCCCCC(=O)Cc1sc2c(c1-c1nc3cc(F)ccc3s1)CC(C)CC2. The molecule has 1 unspecified atom stereocenters. The highest BCUT2D eigenvalue weighted by Crippen LogP contribution is 2.44. The van der Waals surface area contributed by atoms with Gasteiger partial charge >= 0.3 is 0 Å². The van der Waals surface area contributed by atoms with Gasteiger partial charge in [-0.3, -0.25) is 4.79 Å². The van der Waals surface area contributed by atoms with Gasteiger partial charge in [0.25, 0.3) is 0 Å². The number of aromatic nitrogens is 1. The quantitative estimate of drug-likeness (QED) is 0.348. The summed E-state index contributed by atoms with van der Waals surface area (Å²) in [5.41, 5.74) is 3.24. The summed E-state index contributed by atoms with van der Waals surface area (Å²) in [5, 5.41) is 0.935. The number of unbranched alkanes of at least 4 members (excludes halogenated alkanes) is 2. The highest BCUT2D eigenvalue weighted by Gasteiger charge is 2.27. The highest BCUT2D eigenvalue weighted by atomic mass is 32.1. The molecular weight excluding hydrogens is 417 g/mol. The third-order valence-corrected chi connectivity index (χ3v) is 8.15. The van der Waals surface area contributed by atoms with E-state index in [4.69, 9.17) is 9.72 Å². The van der Waals surface area contributed by atoms with Gasteiger partial charge in [-0.2, -0.15) is 0 Å². The van der Waals surface area contributed by atoms with E-state index in [1.165, 1.54) is 29.0 Å². The van der Waals surface area contributed by atoms with Gasteiger partial charge in [-0.25, -0.2) is 9.37 Å². The Hall–Kier alpha value is -1.63. The molecule has 0 aliphatic heterocycles. The minimum absolute atomic E-state index is 0.260. The van der Waals surface area contributed by atoms with Crippen molar-refractivity contribution in [3.63, 3.8) is 0 Å². The number of benzene rings is 1. The summed E-state index contributed by atoms with van der Waals surface area (Å²) in [7, 11) is 1.71. The third-order valence-electron chi connectivity index (χ3n) is 5.81. The normalized spacial score (nSPS) is 16.2. The van der Waals surface area contributed by atoms with E-state index in [0.29, 0.717) is 30.1 Å². The molecule has 0 saturated carbocycles. The van der Waals surface area contributed by atoms with E-state index in [1.807, 2.05) is 0 Å². The van der Waals surface area contributed by atoms with Gasteiger partial charge in [-0.15, -0.1) is 22.7 Å². The van der Waals surface area contributed by atoms with E-state index in [9.17, 15) is 9.18 Å². The number of ketones is 1. The van der Waals surface area contributed by atoms with Crippen LogP contribution in [0, 0.1) is 11.7 Å². The number of hydrogen-bond acceptors (Lipinski definition) is 5. The van der Waals surface area contributed by atoms with Crippen LogP contribution in [-0.2, 0) is 28.8 Å². The summed E-state index contributed by atoms with van der Waals surface area (Å²) in [4.78, 5) is 20.1. The number of nitrogens with zero attached hydrogens (tertiary/aromatic N) is 1. The second-order valence-electron chi connectivity index (χ2n) is 8.30. The standard InChI is InChI=1S/C24H28FNO2S2/c1-15-7-9-20-18(12-15)23(24-26-19-13-16(25)8-10-21(19)30-24)22(29-20)14-17(27)6-4-3-5-11-28-2/h8,10,13,15H,3-7,9,11-12,14H2,1-2H3. The minimum atomic E-state index is -0.260. The maximum atomic E-state index is 13.7. The van der Waals surface area contributed by atoms with E-state index < -0.39 is 0 Å². The number of methoxy groups -OCH3 is 1. The zero-order valence-electron chi connectivity index (χ0n) is 17.6. The Labute approximate surface area is 185 Å². The van der Waals surface area contributed by atoms with E-state index in [-0.39, 0.29) is 5.82 Å². The Morgan fingerprint density at radius 1 is 1.27 bits per heavy atom. The number of Topliss-reactive ketones (excluding diaryl/α,β-unsaturated/α-hetero) is 1. The van der Waals surface area contributed by atoms with Crippen LogP contribution >= 0.6 is 22.7 Å². The fourth-order valence-corrected chi connectivity index (χ4v) is 6.70. The van der Waals surface area contributed by atoms with Gasteiger partial charge in [0, 0.05) is 47.9 Å². The van der Waals surface area contributed by atoms with Crippen LogP contribution in [0.4, 0.5) is 4.39 Å². The minimum Gasteiger partial charge on any atom is -0.385 e. The van der Waals surface area contributed by atoms with E-state index in [2.05, 4.69) is 6.92 Å². The molecule has 0 bridgehead atoms. The Morgan fingerprint density at radius 2 is 2.13 bits per heavy atom. The average molecular weight is 446 g/mol. The summed E-state index contributed by atoms with van der Waals surface area (Å²) in [6.45, 7) is 3.05. The molecule has 0 spiro atoms. The van der Waals surface area contributed by atoms with Gasteiger partial charge in [0.1, 0.15) is 16.6 Å². The summed E-state index contributed by atoms with van der Waals surface area (Å²) >= 11 is 3.41. The molecule has 1 aliphatic rings. The lowest BCUT2D eigenvalue weighted by molar-refractivity contribution is -0.118. The maximum Gasteiger partial charge on any atom is 0.138 e. The molecule has 0 fully saturated rings. The molecule has 4 rings (SSSR count). The number of ether oxygens (including phenoxy) is 1. The highest BCUT2D eigenvalue weighted by molar-refractivity contribution is 7.22. The Bertz CT molecular complexity index is 1040. The van der Waals surface area contributed by atoms with Crippen LogP contribution in [0.15, 0.2) is 18.2 Å². The first-order chi connectivity index (χ1) is 14.5. The molecule has 0 amide bonds. The number of hydrogen-bond donors (Lipinski definition) is 0. The molecule has 0 saturated heterocycles. The summed E-state index contributed by atoms with van der Waals surface area (Å²) < 4.78 is 19.7. The number of halogens is 1. The van der Waals surface area contributed by atoms with Crippen LogP contribution in [0.1, 0.15) is 54.3 Å². The van der Waals surface area contributed by atoms with Crippen molar-refractivity contribution in [2.24, 2.45) is 5.92 Å². The van der Waals surface area contributed by atoms with Crippen molar-refractivity contribution in [2.45, 2.75) is 58.3 Å². The first kappa shape index (κ1) is 21.6. The molecule has 160 valence electrons. The molecule has 1 aromatic carbocycles.